The Morgan fingerprint density at radius 3 is 2.76 bits per heavy atom. The van der Waals surface area contributed by atoms with Gasteiger partial charge in [-0.1, -0.05) is 13.3 Å². The van der Waals surface area contributed by atoms with Crippen LogP contribution in [0.1, 0.15) is 36.5 Å². The summed E-state index contributed by atoms with van der Waals surface area (Å²) in [6, 6.07) is 3.88. The predicted octanol–water partition coefficient (Wildman–Crippen LogP) is 3.31. The van der Waals surface area contributed by atoms with Gasteiger partial charge in [-0.05, 0) is 47.0 Å². The summed E-state index contributed by atoms with van der Waals surface area (Å²) in [5, 5.41) is 9.46. The minimum atomic E-state index is -0.850. The third kappa shape index (κ3) is 3.10. The summed E-state index contributed by atoms with van der Waals surface area (Å²) in [6.45, 7) is 2.56. The number of likely N-dealkylation sites (tertiary alicyclic amines) is 1. The van der Waals surface area contributed by atoms with Crippen molar-refractivity contribution >= 4 is 27.8 Å². The van der Waals surface area contributed by atoms with Crippen LogP contribution >= 0.6 is 15.9 Å². The molecular weight excluding hydrogens is 341 g/mol. The van der Waals surface area contributed by atoms with Crippen LogP contribution in [0.4, 0.5) is 4.39 Å². The summed E-state index contributed by atoms with van der Waals surface area (Å²) >= 11 is 3.18. The Morgan fingerprint density at radius 1 is 1.48 bits per heavy atom. The molecule has 1 heterocycles. The van der Waals surface area contributed by atoms with Gasteiger partial charge in [0.2, 0.25) is 0 Å². The second kappa shape index (κ2) is 6.13. The fraction of sp³-hybridized carbons (Fsp3) is 0.467. The molecule has 1 aliphatic rings. The van der Waals surface area contributed by atoms with Gasteiger partial charge < -0.3 is 10.0 Å². The Labute approximate surface area is 131 Å². The first-order valence-corrected chi connectivity index (χ1v) is 7.66. The highest BCUT2D eigenvalue weighted by Gasteiger charge is 2.45. The van der Waals surface area contributed by atoms with E-state index in [-0.39, 0.29) is 12.5 Å². The molecule has 0 aliphatic carbocycles. The summed E-state index contributed by atoms with van der Waals surface area (Å²) in [5.74, 6) is -1.54. The zero-order valence-corrected chi connectivity index (χ0v) is 13.3. The summed E-state index contributed by atoms with van der Waals surface area (Å²) in [7, 11) is 0. The van der Waals surface area contributed by atoms with Crippen LogP contribution in [0.3, 0.4) is 0 Å². The van der Waals surface area contributed by atoms with Crippen molar-refractivity contribution in [3.05, 3.63) is 34.1 Å². The van der Waals surface area contributed by atoms with Gasteiger partial charge in [-0.25, -0.2) is 4.39 Å². The van der Waals surface area contributed by atoms with E-state index in [4.69, 9.17) is 0 Å². The van der Waals surface area contributed by atoms with Gasteiger partial charge >= 0.3 is 5.97 Å². The SMILES string of the molecule is CCCC1(C(=O)O)CCN(C(=O)c2ccc(F)cc2Br)C1. The van der Waals surface area contributed by atoms with E-state index in [0.717, 1.165) is 6.42 Å². The van der Waals surface area contributed by atoms with E-state index >= 15 is 0 Å². The van der Waals surface area contributed by atoms with Gasteiger partial charge in [0.25, 0.3) is 5.91 Å². The lowest BCUT2D eigenvalue weighted by molar-refractivity contribution is -0.148. The normalized spacial score (nSPS) is 21.6. The zero-order valence-electron chi connectivity index (χ0n) is 11.7. The van der Waals surface area contributed by atoms with Crippen molar-refractivity contribution in [3.63, 3.8) is 0 Å². The standard InChI is InChI=1S/C15H17BrFNO3/c1-2-5-15(14(20)21)6-7-18(9-15)13(19)11-4-3-10(17)8-12(11)16/h3-4,8H,2,5-7,9H2,1H3,(H,20,21). The summed E-state index contributed by atoms with van der Waals surface area (Å²) in [6.07, 6.45) is 1.77. The Kier molecular flexibility index (Phi) is 4.66. The van der Waals surface area contributed by atoms with Gasteiger partial charge in [-0.3, -0.25) is 9.59 Å². The number of carbonyl (C=O) groups is 2. The number of hydrogen-bond donors (Lipinski definition) is 1. The molecule has 1 aromatic carbocycles. The number of carboxylic acid groups (broad SMARTS) is 1. The number of carboxylic acids is 1. The minimum absolute atomic E-state index is 0.207. The van der Waals surface area contributed by atoms with Crippen molar-refractivity contribution in [2.45, 2.75) is 26.2 Å². The molecule has 21 heavy (non-hydrogen) atoms. The third-order valence-corrected chi connectivity index (χ3v) is 4.64. The molecule has 114 valence electrons. The molecule has 6 heteroatoms. The molecular formula is C15H17BrFNO3. The maximum atomic E-state index is 13.1. The molecule has 0 radical (unpaired) electrons. The predicted molar refractivity (Wildman–Crippen MR) is 79.6 cm³/mol. The van der Waals surface area contributed by atoms with Crippen molar-refractivity contribution in [2.75, 3.05) is 13.1 Å². The van der Waals surface area contributed by atoms with Crippen molar-refractivity contribution in [1.82, 2.24) is 4.90 Å². The summed E-state index contributed by atoms with van der Waals surface area (Å²) < 4.78 is 13.5. The maximum Gasteiger partial charge on any atom is 0.311 e. The number of amides is 1. The van der Waals surface area contributed by atoms with Gasteiger partial charge in [0.05, 0.1) is 11.0 Å². The molecule has 0 bridgehead atoms. The Hall–Kier alpha value is -1.43. The number of aliphatic carboxylic acids is 1. The van der Waals surface area contributed by atoms with Crippen molar-refractivity contribution in [2.24, 2.45) is 5.41 Å². The topological polar surface area (TPSA) is 57.6 Å². The fourth-order valence-corrected chi connectivity index (χ4v) is 3.36. The molecule has 0 saturated carbocycles. The van der Waals surface area contributed by atoms with E-state index in [1.54, 1.807) is 4.90 Å². The molecule has 0 spiro atoms. The highest BCUT2D eigenvalue weighted by atomic mass is 79.9. The summed E-state index contributed by atoms with van der Waals surface area (Å²) in [4.78, 5) is 25.6. The quantitative estimate of drug-likeness (QED) is 0.899. The number of halogens is 2. The molecule has 1 aromatic rings. The van der Waals surface area contributed by atoms with Gasteiger partial charge in [0.15, 0.2) is 0 Å². The molecule has 1 atom stereocenters. The molecule has 1 unspecified atom stereocenters. The lowest BCUT2D eigenvalue weighted by Gasteiger charge is -2.24. The molecule has 1 saturated heterocycles. The van der Waals surface area contributed by atoms with Crippen LogP contribution in [0.2, 0.25) is 0 Å². The van der Waals surface area contributed by atoms with Crippen LogP contribution in [-0.2, 0) is 4.79 Å². The molecule has 1 amide bonds. The molecule has 1 N–H and O–H groups in total. The van der Waals surface area contributed by atoms with Crippen molar-refractivity contribution < 1.29 is 19.1 Å². The molecule has 0 aromatic heterocycles. The summed E-state index contributed by atoms with van der Waals surface area (Å²) in [5.41, 5.74) is -0.495. The van der Waals surface area contributed by atoms with Crippen LogP contribution in [0.5, 0.6) is 0 Å². The first kappa shape index (κ1) is 15.9. The molecule has 1 fully saturated rings. The van der Waals surface area contributed by atoms with E-state index in [0.29, 0.717) is 29.4 Å². The van der Waals surface area contributed by atoms with E-state index in [1.807, 2.05) is 6.92 Å². The van der Waals surface area contributed by atoms with Crippen LogP contribution in [0.25, 0.3) is 0 Å². The van der Waals surface area contributed by atoms with E-state index in [1.165, 1.54) is 18.2 Å². The van der Waals surface area contributed by atoms with Gasteiger partial charge in [0, 0.05) is 17.6 Å². The Morgan fingerprint density at radius 2 is 2.19 bits per heavy atom. The molecule has 4 nitrogen and oxygen atoms in total. The fourth-order valence-electron chi connectivity index (χ4n) is 2.84. The number of carbonyl (C=O) groups excluding carboxylic acids is 1. The maximum absolute atomic E-state index is 13.1. The highest BCUT2D eigenvalue weighted by molar-refractivity contribution is 9.10. The van der Waals surface area contributed by atoms with Crippen molar-refractivity contribution in [1.29, 1.82) is 0 Å². The second-order valence-corrected chi connectivity index (χ2v) is 6.29. The Balaban J connectivity index is 2.20. The highest BCUT2D eigenvalue weighted by Crippen LogP contribution is 2.36. The average Bonchev–Trinajstić information content (AvgIpc) is 2.84. The second-order valence-electron chi connectivity index (χ2n) is 5.44. The monoisotopic (exact) mass is 357 g/mol. The first-order valence-electron chi connectivity index (χ1n) is 6.87. The minimum Gasteiger partial charge on any atom is -0.481 e. The first-order chi connectivity index (χ1) is 9.89. The smallest absolute Gasteiger partial charge is 0.311 e. The molecule has 2 rings (SSSR count). The van der Waals surface area contributed by atoms with E-state index in [2.05, 4.69) is 15.9 Å². The number of benzene rings is 1. The third-order valence-electron chi connectivity index (χ3n) is 3.98. The number of rotatable bonds is 4. The number of hydrogen-bond acceptors (Lipinski definition) is 2. The van der Waals surface area contributed by atoms with Crippen LogP contribution in [-0.4, -0.2) is 35.0 Å². The van der Waals surface area contributed by atoms with Crippen LogP contribution < -0.4 is 0 Å². The lowest BCUT2D eigenvalue weighted by atomic mass is 9.83. The van der Waals surface area contributed by atoms with Crippen LogP contribution in [0, 0.1) is 11.2 Å². The number of nitrogens with zero attached hydrogens (tertiary/aromatic N) is 1. The molecule has 1 aliphatic heterocycles. The van der Waals surface area contributed by atoms with E-state index in [9.17, 15) is 19.1 Å². The Bertz CT molecular complexity index is 578. The van der Waals surface area contributed by atoms with Gasteiger partial charge in [0.1, 0.15) is 5.82 Å². The van der Waals surface area contributed by atoms with Crippen molar-refractivity contribution in [3.8, 4) is 0 Å². The van der Waals surface area contributed by atoms with Gasteiger partial charge in [-0.2, -0.15) is 0 Å². The van der Waals surface area contributed by atoms with E-state index < -0.39 is 17.2 Å². The average molecular weight is 358 g/mol. The van der Waals surface area contributed by atoms with Gasteiger partial charge in [-0.15, -0.1) is 0 Å². The van der Waals surface area contributed by atoms with Crippen LogP contribution in [0.15, 0.2) is 22.7 Å². The largest absolute Gasteiger partial charge is 0.481 e. The zero-order chi connectivity index (χ0) is 15.6. The lowest BCUT2D eigenvalue weighted by Crippen LogP contribution is -2.37.